The van der Waals surface area contributed by atoms with E-state index in [1.165, 1.54) is 4.90 Å². The van der Waals surface area contributed by atoms with Crippen LogP contribution in [0, 0.1) is 5.92 Å². The molecule has 2 aliphatic heterocycles. The molecule has 5 rings (SSSR count). The summed E-state index contributed by atoms with van der Waals surface area (Å²) in [6, 6.07) is 21.7. The first-order valence-corrected chi connectivity index (χ1v) is 12.8. The number of ether oxygens (including phenoxy) is 2. The van der Waals surface area contributed by atoms with E-state index in [4.69, 9.17) is 14.3 Å². The molecule has 186 valence electrons. The molecule has 0 aromatic heterocycles. The summed E-state index contributed by atoms with van der Waals surface area (Å²) in [5.74, 6) is 0.00953. The van der Waals surface area contributed by atoms with Crippen molar-refractivity contribution in [1.29, 1.82) is 0 Å². The van der Waals surface area contributed by atoms with Crippen LogP contribution in [0.5, 0.6) is 11.5 Å². The number of carbonyl (C=O) groups is 2. The van der Waals surface area contributed by atoms with Crippen molar-refractivity contribution < 1.29 is 23.9 Å². The van der Waals surface area contributed by atoms with Gasteiger partial charge in [0, 0.05) is 0 Å². The van der Waals surface area contributed by atoms with E-state index in [0.717, 1.165) is 28.6 Å². The number of halogens is 1. The summed E-state index contributed by atoms with van der Waals surface area (Å²) < 4.78 is 11.9. The monoisotopic (exact) mass is 550 g/mol. The molecule has 0 N–H and O–H groups in total. The van der Waals surface area contributed by atoms with E-state index in [-0.39, 0.29) is 11.8 Å². The fourth-order valence-corrected chi connectivity index (χ4v) is 5.26. The zero-order valence-corrected chi connectivity index (χ0v) is 21.7. The Labute approximate surface area is 218 Å². The molecular formula is C28H27BrN2O5. The molecule has 0 aliphatic carbocycles. The lowest BCUT2D eigenvalue weighted by Gasteiger charge is -2.29. The second-order valence-electron chi connectivity index (χ2n) is 8.76. The number of carbonyl (C=O) groups excluding carboxylic acids is 2. The van der Waals surface area contributed by atoms with Gasteiger partial charge >= 0.3 is 0 Å². The highest BCUT2D eigenvalue weighted by atomic mass is 79.9. The minimum absolute atomic E-state index is 0.292. The zero-order valence-electron chi connectivity index (χ0n) is 20.1. The maximum Gasteiger partial charge on any atom is 0.266 e. The molecule has 0 radical (unpaired) electrons. The number of benzene rings is 3. The van der Waals surface area contributed by atoms with Crippen molar-refractivity contribution in [3.63, 3.8) is 0 Å². The summed E-state index contributed by atoms with van der Waals surface area (Å²) in [4.78, 5) is 34.7. The van der Waals surface area contributed by atoms with E-state index in [0.29, 0.717) is 23.8 Å². The Morgan fingerprint density at radius 3 is 2.36 bits per heavy atom. The van der Waals surface area contributed by atoms with Crippen molar-refractivity contribution in [3.8, 4) is 11.5 Å². The maximum absolute atomic E-state index is 13.8. The fourth-order valence-electron chi connectivity index (χ4n) is 4.70. The molecule has 0 spiro atoms. The van der Waals surface area contributed by atoms with Crippen LogP contribution >= 0.6 is 15.9 Å². The molecule has 3 aromatic carbocycles. The molecule has 8 heteroatoms. The molecule has 0 unspecified atom stereocenters. The van der Waals surface area contributed by atoms with Crippen molar-refractivity contribution in [2.24, 2.45) is 5.92 Å². The van der Waals surface area contributed by atoms with Crippen molar-refractivity contribution in [3.05, 3.63) is 82.8 Å². The lowest BCUT2D eigenvalue weighted by atomic mass is 9.90. The van der Waals surface area contributed by atoms with E-state index < -0.39 is 18.1 Å². The Balaban J connectivity index is 1.48. The number of hydroxylamine groups is 1. The number of nitrogens with zero attached hydrogens (tertiary/aromatic N) is 2. The Morgan fingerprint density at radius 2 is 1.69 bits per heavy atom. The zero-order chi connectivity index (χ0) is 25.2. The number of rotatable bonds is 8. The van der Waals surface area contributed by atoms with Gasteiger partial charge in [-0.3, -0.25) is 14.4 Å². The van der Waals surface area contributed by atoms with Crippen molar-refractivity contribution in [2.75, 3.05) is 23.7 Å². The average molecular weight is 551 g/mol. The van der Waals surface area contributed by atoms with Gasteiger partial charge in [-0.2, -0.15) is 0 Å². The number of anilines is 2. The Morgan fingerprint density at radius 1 is 0.944 bits per heavy atom. The third-order valence-electron chi connectivity index (χ3n) is 6.51. The van der Waals surface area contributed by atoms with Crippen LogP contribution in [-0.2, 0) is 14.4 Å². The summed E-state index contributed by atoms with van der Waals surface area (Å²) in [6.45, 7) is 2.73. The molecule has 7 nitrogen and oxygen atoms in total. The van der Waals surface area contributed by atoms with Gasteiger partial charge in [0.25, 0.3) is 5.91 Å². The summed E-state index contributed by atoms with van der Waals surface area (Å²) in [7, 11) is 1.60. The number of unbranched alkanes of at least 4 members (excludes halogenated alkanes) is 1. The molecule has 0 bridgehead atoms. The number of amides is 2. The van der Waals surface area contributed by atoms with Gasteiger partial charge in [0.1, 0.15) is 17.4 Å². The van der Waals surface area contributed by atoms with Gasteiger partial charge in [0.15, 0.2) is 6.10 Å². The lowest BCUT2D eigenvalue weighted by molar-refractivity contribution is -0.126. The average Bonchev–Trinajstić information content (AvgIpc) is 3.41. The molecular weight excluding hydrogens is 524 g/mol. The Bertz CT molecular complexity index is 1250. The van der Waals surface area contributed by atoms with Crippen LogP contribution in [0.25, 0.3) is 0 Å². The van der Waals surface area contributed by atoms with Crippen LogP contribution in [-0.4, -0.2) is 31.6 Å². The van der Waals surface area contributed by atoms with Crippen LogP contribution in [0.15, 0.2) is 77.3 Å². The molecule has 36 heavy (non-hydrogen) atoms. The quantitative estimate of drug-likeness (QED) is 0.265. The third kappa shape index (κ3) is 4.35. The van der Waals surface area contributed by atoms with E-state index in [9.17, 15) is 9.59 Å². The maximum atomic E-state index is 13.8. The van der Waals surface area contributed by atoms with Gasteiger partial charge in [0.2, 0.25) is 5.91 Å². The van der Waals surface area contributed by atoms with Crippen molar-refractivity contribution in [1.82, 2.24) is 0 Å². The summed E-state index contributed by atoms with van der Waals surface area (Å²) in [5, 5.41) is 1.68. The van der Waals surface area contributed by atoms with Gasteiger partial charge in [-0.25, -0.2) is 9.96 Å². The predicted octanol–water partition coefficient (Wildman–Crippen LogP) is 5.69. The van der Waals surface area contributed by atoms with Crippen LogP contribution in [0.1, 0.15) is 31.4 Å². The van der Waals surface area contributed by atoms with Crippen LogP contribution in [0.4, 0.5) is 11.4 Å². The predicted molar refractivity (Wildman–Crippen MR) is 140 cm³/mol. The smallest absolute Gasteiger partial charge is 0.266 e. The minimum Gasteiger partial charge on any atom is -0.496 e. The first kappa shape index (κ1) is 24.3. The van der Waals surface area contributed by atoms with E-state index in [1.54, 1.807) is 36.4 Å². The van der Waals surface area contributed by atoms with Gasteiger partial charge < -0.3 is 9.47 Å². The number of imide groups is 1. The topological polar surface area (TPSA) is 68.3 Å². The van der Waals surface area contributed by atoms with Crippen LogP contribution in [0.3, 0.4) is 0 Å². The second kappa shape index (κ2) is 10.3. The first-order valence-electron chi connectivity index (χ1n) is 12.0. The summed E-state index contributed by atoms with van der Waals surface area (Å²) >= 11 is 3.55. The van der Waals surface area contributed by atoms with E-state index in [2.05, 4.69) is 22.9 Å². The van der Waals surface area contributed by atoms with E-state index >= 15 is 0 Å². The SMILES string of the molecule is CCCCOc1ccc(N2C(=O)[C@H]3[C@@H](ON(c4ccccc4)[C@H]3c3ccc(OC)c(Br)c3)C2=O)cc1. The molecule has 3 atom stereocenters. The van der Waals surface area contributed by atoms with Gasteiger partial charge in [-0.1, -0.05) is 37.6 Å². The Hall–Kier alpha value is -3.36. The normalized spacial score (nSPS) is 21.1. The largest absolute Gasteiger partial charge is 0.496 e. The molecule has 2 amide bonds. The molecule has 3 aromatic rings. The molecule has 2 saturated heterocycles. The summed E-state index contributed by atoms with van der Waals surface area (Å²) in [5.41, 5.74) is 2.11. The number of methoxy groups -OCH3 is 1. The molecule has 2 fully saturated rings. The van der Waals surface area contributed by atoms with Gasteiger partial charge in [0.05, 0.1) is 35.6 Å². The van der Waals surface area contributed by atoms with Gasteiger partial charge in [-0.05, 0) is 76.4 Å². The van der Waals surface area contributed by atoms with E-state index in [1.807, 2.05) is 48.5 Å². The van der Waals surface area contributed by atoms with Crippen molar-refractivity contribution in [2.45, 2.75) is 31.9 Å². The minimum atomic E-state index is -0.927. The molecule has 0 saturated carbocycles. The van der Waals surface area contributed by atoms with Crippen LogP contribution < -0.4 is 19.4 Å². The third-order valence-corrected chi connectivity index (χ3v) is 7.12. The fraction of sp³-hybridized carbons (Fsp3) is 0.286. The molecule has 2 heterocycles. The first-order chi connectivity index (χ1) is 17.5. The number of hydrogen-bond acceptors (Lipinski definition) is 6. The number of hydrogen-bond donors (Lipinski definition) is 0. The summed E-state index contributed by atoms with van der Waals surface area (Å²) in [6.07, 6.45) is 1.08. The number of para-hydroxylation sites is 1. The highest BCUT2D eigenvalue weighted by molar-refractivity contribution is 9.10. The van der Waals surface area contributed by atoms with Gasteiger partial charge in [-0.15, -0.1) is 0 Å². The molecule has 2 aliphatic rings. The second-order valence-corrected chi connectivity index (χ2v) is 9.61. The Kier molecular flexibility index (Phi) is 6.98. The highest BCUT2D eigenvalue weighted by Crippen LogP contribution is 2.48. The van der Waals surface area contributed by atoms with Crippen LogP contribution in [0.2, 0.25) is 0 Å². The van der Waals surface area contributed by atoms with Crippen molar-refractivity contribution >= 4 is 39.1 Å². The standard InChI is InChI=1S/C28H27BrN2O5/c1-3-4-16-35-21-13-11-19(12-14-21)30-27(32)24-25(18-10-15-23(34-2)22(29)17-18)31(36-26(24)28(30)33)20-8-6-5-7-9-20/h5-15,17,24-26H,3-4,16H2,1-2H3/t24-,25+,26-/m1/s1. The number of fused-ring (bicyclic) bond motifs is 1. The highest BCUT2D eigenvalue weighted by Gasteiger charge is 2.60. The lowest BCUT2D eigenvalue weighted by Crippen LogP contribution is -2.37.